The fraction of sp³-hybridized carbons (Fsp3) is 0.643. The van der Waals surface area contributed by atoms with Gasteiger partial charge in [-0.2, -0.15) is 0 Å². The Morgan fingerprint density at radius 3 is 3.00 bits per heavy atom. The number of pyridine rings is 1. The Kier molecular flexibility index (Phi) is 3.33. The van der Waals surface area contributed by atoms with Crippen LogP contribution in [0.2, 0.25) is 0 Å². The highest BCUT2D eigenvalue weighted by Crippen LogP contribution is 2.25. The van der Waals surface area contributed by atoms with Crippen molar-refractivity contribution in [2.75, 3.05) is 19.6 Å². The van der Waals surface area contributed by atoms with Gasteiger partial charge in [0, 0.05) is 44.5 Å². The number of nitrogens with zero attached hydrogens (tertiary/aromatic N) is 3. The SMILES string of the molecule is C[C@H]1CN2C[C@H](O)C[C@H]2CN1Cc1ccccn1. The fourth-order valence-corrected chi connectivity index (χ4v) is 3.20. The molecule has 2 fully saturated rings. The molecule has 1 aromatic heterocycles. The number of hydrogen-bond acceptors (Lipinski definition) is 4. The summed E-state index contributed by atoms with van der Waals surface area (Å²) < 4.78 is 0. The zero-order valence-corrected chi connectivity index (χ0v) is 10.9. The first-order valence-corrected chi connectivity index (χ1v) is 6.78. The number of hydrogen-bond donors (Lipinski definition) is 1. The van der Waals surface area contributed by atoms with E-state index in [1.165, 1.54) is 0 Å². The van der Waals surface area contributed by atoms with E-state index in [1.54, 1.807) is 0 Å². The van der Waals surface area contributed by atoms with Crippen molar-refractivity contribution in [2.45, 2.75) is 38.1 Å². The van der Waals surface area contributed by atoms with Crippen molar-refractivity contribution >= 4 is 0 Å². The van der Waals surface area contributed by atoms with Gasteiger partial charge in [0.1, 0.15) is 0 Å². The van der Waals surface area contributed by atoms with Crippen LogP contribution in [-0.2, 0) is 6.54 Å². The molecule has 2 aliphatic rings. The lowest BCUT2D eigenvalue weighted by Gasteiger charge is -2.42. The number of fused-ring (bicyclic) bond motifs is 1. The van der Waals surface area contributed by atoms with Gasteiger partial charge in [0.25, 0.3) is 0 Å². The van der Waals surface area contributed by atoms with Crippen molar-refractivity contribution in [3.8, 4) is 0 Å². The van der Waals surface area contributed by atoms with Gasteiger partial charge in [0.15, 0.2) is 0 Å². The largest absolute Gasteiger partial charge is 0.392 e. The second-order valence-corrected chi connectivity index (χ2v) is 5.60. The van der Waals surface area contributed by atoms with Crippen molar-refractivity contribution in [3.63, 3.8) is 0 Å². The Hall–Kier alpha value is -0.970. The van der Waals surface area contributed by atoms with Crippen LogP contribution in [0.5, 0.6) is 0 Å². The highest BCUT2D eigenvalue weighted by molar-refractivity contribution is 5.05. The number of aliphatic hydroxyl groups excluding tert-OH is 1. The molecule has 3 atom stereocenters. The number of aromatic nitrogens is 1. The summed E-state index contributed by atoms with van der Waals surface area (Å²) >= 11 is 0. The fourth-order valence-electron chi connectivity index (χ4n) is 3.20. The molecule has 0 unspecified atom stereocenters. The molecule has 18 heavy (non-hydrogen) atoms. The van der Waals surface area contributed by atoms with Gasteiger partial charge in [-0.25, -0.2) is 0 Å². The maximum Gasteiger partial charge on any atom is 0.0682 e. The molecule has 0 aromatic carbocycles. The molecule has 1 N–H and O–H groups in total. The Morgan fingerprint density at radius 1 is 1.33 bits per heavy atom. The van der Waals surface area contributed by atoms with Gasteiger partial charge in [0.05, 0.1) is 11.8 Å². The number of aliphatic hydroxyl groups is 1. The van der Waals surface area contributed by atoms with Crippen LogP contribution in [0.3, 0.4) is 0 Å². The first kappa shape index (κ1) is 12.1. The van der Waals surface area contributed by atoms with E-state index in [0.29, 0.717) is 12.1 Å². The predicted octanol–water partition coefficient (Wildman–Crippen LogP) is 0.721. The van der Waals surface area contributed by atoms with Gasteiger partial charge in [0.2, 0.25) is 0 Å². The van der Waals surface area contributed by atoms with E-state index in [-0.39, 0.29) is 6.10 Å². The third kappa shape index (κ3) is 2.41. The van der Waals surface area contributed by atoms with Gasteiger partial charge < -0.3 is 5.11 Å². The molecule has 0 amide bonds. The summed E-state index contributed by atoms with van der Waals surface area (Å²) in [4.78, 5) is 9.33. The maximum absolute atomic E-state index is 9.75. The zero-order chi connectivity index (χ0) is 12.5. The summed E-state index contributed by atoms with van der Waals surface area (Å²) in [6.45, 7) is 6.15. The first-order valence-electron chi connectivity index (χ1n) is 6.78. The Bertz CT molecular complexity index is 397. The summed E-state index contributed by atoms with van der Waals surface area (Å²) in [5.41, 5.74) is 1.14. The van der Waals surface area contributed by atoms with Gasteiger partial charge in [-0.15, -0.1) is 0 Å². The lowest BCUT2D eigenvalue weighted by Crippen LogP contribution is -2.54. The van der Waals surface area contributed by atoms with Crippen molar-refractivity contribution in [1.82, 2.24) is 14.8 Å². The van der Waals surface area contributed by atoms with Gasteiger partial charge in [-0.3, -0.25) is 14.8 Å². The summed E-state index contributed by atoms with van der Waals surface area (Å²) in [5, 5.41) is 9.75. The minimum Gasteiger partial charge on any atom is -0.392 e. The second-order valence-electron chi connectivity index (χ2n) is 5.60. The van der Waals surface area contributed by atoms with Crippen molar-refractivity contribution in [1.29, 1.82) is 0 Å². The molecule has 2 saturated heterocycles. The molecule has 2 aliphatic heterocycles. The van der Waals surface area contributed by atoms with Crippen LogP contribution in [0.1, 0.15) is 19.0 Å². The smallest absolute Gasteiger partial charge is 0.0682 e. The van der Waals surface area contributed by atoms with Crippen LogP contribution in [0, 0.1) is 0 Å². The molecule has 3 heterocycles. The highest BCUT2D eigenvalue weighted by Gasteiger charge is 2.37. The third-order valence-electron chi connectivity index (χ3n) is 4.16. The minimum atomic E-state index is -0.128. The van der Waals surface area contributed by atoms with E-state index < -0.39 is 0 Å². The molecular weight excluding hydrogens is 226 g/mol. The second kappa shape index (κ2) is 4.96. The lowest BCUT2D eigenvalue weighted by molar-refractivity contribution is 0.0520. The van der Waals surface area contributed by atoms with Crippen LogP contribution < -0.4 is 0 Å². The molecule has 98 valence electrons. The molecule has 4 nitrogen and oxygen atoms in total. The van der Waals surface area contributed by atoms with Gasteiger partial charge in [-0.1, -0.05) is 6.07 Å². The van der Waals surface area contributed by atoms with Crippen LogP contribution in [0.15, 0.2) is 24.4 Å². The van der Waals surface area contributed by atoms with Crippen molar-refractivity contribution in [3.05, 3.63) is 30.1 Å². The highest BCUT2D eigenvalue weighted by atomic mass is 16.3. The van der Waals surface area contributed by atoms with Crippen LogP contribution in [0.4, 0.5) is 0 Å². The Morgan fingerprint density at radius 2 is 2.22 bits per heavy atom. The Labute approximate surface area is 108 Å². The van der Waals surface area contributed by atoms with Gasteiger partial charge >= 0.3 is 0 Å². The summed E-state index contributed by atoms with van der Waals surface area (Å²) in [5.74, 6) is 0. The molecular formula is C14H21N3O. The quantitative estimate of drug-likeness (QED) is 0.836. The normalized spacial score (nSPS) is 33.6. The molecule has 1 aromatic rings. The van der Waals surface area contributed by atoms with E-state index >= 15 is 0 Å². The molecule has 0 spiro atoms. The summed E-state index contributed by atoms with van der Waals surface area (Å²) in [7, 11) is 0. The average molecular weight is 247 g/mol. The van der Waals surface area contributed by atoms with E-state index in [9.17, 15) is 5.11 Å². The number of piperazine rings is 1. The lowest BCUT2D eigenvalue weighted by atomic mass is 10.1. The molecule has 0 saturated carbocycles. The van der Waals surface area contributed by atoms with Gasteiger partial charge in [-0.05, 0) is 25.5 Å². The molecule has 0 bridgehead atoms. The third-order valence-corrected chi connectivity index (χ3v) is 4.16. The first-order chi connectivity index (χ1) is 8.72. The minimum absolute atomic E-state index is 0.128. The Balaban J connectivity index is 1.66. The molecule has 4 heteroatoms. The molecule has 3 rings (SSSR count). The summed E-state index contributed by atoms with van der Waals surface area (Å²) in [6.07, 6.45) is 2.65. The summed E-state index contributed by atoms with van der Waals surface area (Å²) in [6, 6.07) is 7.15. The zero-order valence-electron chi connectivity index (χ0n) is 10.9. The standard InChI is InChI=1S/C14H21N3O/c1-11-7-17-10-14(18)6-13(17)9-16(11)8-12-4-2-3-5-15-12/h2-5,11,13-14,18H,6-10H2,1H3/t11-,13-,14+/m0/s1. The number of rotatable bonds is 2. The van der Waals surface area contributed by atoms with Crippen LogP contribution in [0.25, 0.3) is 0 Å². The molecule has 0 radical (unpaired) electrons. The van der Waals surface area contributed by atoms with E-state index in [1.807, 2.05) is 18.3 Å². The monoisotopic (exact) mass is 247 g/mol. The van der Waals surface area contributed by atoms with Crippen LogP contribution >= 0.6 is 0 Å². The topological polar surface area (TPSA) is 39.6 Å². The van der Waals surface area contributed by atoms with E-state index in [0.717, 1.165) is 38.3 Å². The average Bonchev–Trinajstić information content (AvgIpc) is 2.70. The molecule has 0 aliphatic carbocycles. The van der Waals surface area contributed by atoms with Crippen LogP contribution in [-0.4, -0.2) is 57.7 Å². The van der Waals surface area contributed by atoms with Crippen molar-refractivity contribution < 1.29 is 5.11 Å². The predicted molar refractivity (Wildman–Crippen MR) is 70.1 cm³/mol. The van der Waals surface area contributed by atoms with E-state index in [4.69, 9.17) is 0 Å². The van der Waals surface area contributed by atoms with Crippen molar-refractivity contribution in [2.24, 2.45) is 0 Å². The maximum atomic E-state index is 9.75. The van der Waals surface area contributed by atoms with E-state index in [2.05, 4.69) is 27.8 Å².